The molecule has 1 unspecified atom stereocenters. The maximum atomic E-state index is 12.7. The van der Waals surface area contributed by atoms with Crippen molar-refractivity contribution in [2.45, 2.75) is 103 Å². The lowest BCUT2D eigenvalue weighted by atomic mass is 9.83. The molecule has 5 heteroatoms. The van der Waals surface area contributed by atoms with Gasteiger partial charge in [0, 0.05) is 30.5 Å². The lowest BCUT2D eigenvalue weighted by Crippen LogP contribution is -2.54. The molecule has 2 saturated carbocycles. The standard InChI is InChI=1S/C22H41N3O2/c1-16(2)14-22(3,15-23)25-21(27)18-9-11-19(12-10-18)24-20(26)13-17-7-5-4-6-8-17/h16-19H,4-15,23H2,1-3H3,(H,24,26)(H,25,27). The lowest BCUT2D eigenvalue weighted by molar-refractivity contribution is -0.128. The summed E-state index contributed by atoms with van der Waals surface area (Å²) in [6, 6.07) is 0.238. The number of nitrogens with two attached hydrogens (primary N) is 1. The summed E-state index contributed by atoms with van der Waals surface area (Å²) in [5.74, 6) is 1.47. The van der Waals surface area contributed by atoms with Gasteiger partial charge in [0.05, 0.1) is 0 Å². The molecule has 0 aromatic heterocycles. The van der Waals surface area contributed by atoms with E-state index in [-0.39, 0.29) is 29.3 Å². The van der Waals surface area contributed by atoms with Crippen LogP contribution < -0.4 is 16.4 Å². The van der Waals surface area contributed by atoms with Crippen molar-refractivity contribution in [3.63, 3.8) is 0 Å². The topological polar surface area (TPSA) is 84.2 Å². The smallest absolute Gasteiger partial charge is 0.223 e. The molecule has 0 saturated heterocycles. The fourth-order valence-corrected chi connectivity index (χ4v) is 4.93. The minimum absolute atomic E-state index is 0.0505. The molecular formula is C22H41N3O2. The lowest BCUT2D eigenvalue weighted by Gasteiger charge is -2.35. The highest BCUT2D eigenvalue weighted by Crippen LogP contribution is 2.28. The van der Waals surface area contributed by atoms with Crippen LogP contribution in [0.3, 0.4) is 0 Å². The van der Waals surface area contributed by atoms with Gasteiger partial charge in [-0.2, -0.15) is 0 Å². The number of nitrogens with one attached hydrogen (secondary N) is 2. The maximum Gasteiger partial charge on any atom is 0.223 e. The van der Waals surface area contributed by atoms with Crippen molar-refractivity contribution >= 4 is 11.8 Å². The number of amides is 2. The molecule has 27 heavy (non-hydrogen) atoms. The van der Waals surface area contributed by atoms with Gasteiger partial charge in [0.1, 0.15) is 0 Å². The van der Waals surface area contributed by atoms with Gasteiger partial charge in [-0.15, -0.1) is 0 Å². The zero-order chi connectivity index (χ0) is 19.9. The van der Waals surface area contributed by atoms with Gasteiger partial charge in [0.2, 0.25) is 11.8 Å². The number of carbonyl (C=O) groups excluding carboxylic acids is 2. The van der Waals surface area contributed by atoms with Gasteiger partial charge in [-0.25, -0.2) is 0 Å². The number of hydrogen-bond donors (Lipinski definition) is 3. The molecule has 0 aromatic carbocycles. The Balaban J connectivity index is 1.72. The number of rotatable bonds is 8. The molecule has 0 aliphatic heterocycles. The molecule has 0 heterocycles. The maximum absolute atomic E-state index is 12.7. The molecule has 2 fully saturated rings. The van der Waals surface area contributed by atoms with Gasteiger partial charge in [-0.3, -0.25) is 9.59 Å². The molecular weight excluding hydrogens is 338 g/mol. The van der Waals surface area contributed by atoms with E-state index in [0.717, 1.165) is 32.1 Å². The van der Waals surface area contributed by atoms with Crippen LogP contribution in [0.5, 0.6) is 0 Å². The molecule has 0 radical (unpaired) electrons. The minimum Gasteiger partial charge on any atom is -0.353 e. The van der Waals surface area contributed by atoms with Crippen molar-refractivity contribution in [1.82, 2.24) is 10.6 Å². The summed E-state index contributed by atoms with van der Waals surface area (Å²) in [5, 5.41) is 6.42. The van der Waals surface area contributed by atoms with Crippen LogP contribution in [0.1, 0.15) is 91.4 Å². The predicted octanol–water partition coefficient (Wildman–Crippen LogP) is 3.51. The van der Waals surface area contributed by atoms with Crippen molar-refractivity contribution in [2.75, 3.05) is 6.54 Å². The molecule has 2 aliphatic carbocycles. The van der Waals surface area contributed by atoms with Gasteiger partial charge >= 0.3 is 0 Å². The van der Waals surface area contributed by atoms with Gasteiger partial charge < -0.3 is 16.4 Å². The van der Waals surface area contributed by atoms with Crippen LogP contribution >= 0.6 is 0 Å². The second kappa shape index (κ2) is 10.4. The second-order valence-electron chi connectivity index (χ2n) is 9.68. The second-order valence-corrected chi connectivity index (χ2v) is 9.68. The first-order valence-electron chi connectivity index (χ1n) is 11.1. The van der Waals surface area contributed by atoms with E-state index in [1.54, 1.807) is 0 Å². The zero-order valence-electron chi connectivity index (χ0n) is 17.7. The Morgan fingerprint density at radius 2 is 1.67 bits per heavy atom. The summed E-state index contributed by atoms with van der Waals surface area (Å²) in [4.78, 5) is 25.0. The molecule has 5 nitrogen and oxygen atoms in total. The van der Waals surface area contributed by atoms with Crippen molar-refractivity contribution in [3.8, 4) is 0 Å². The van der Waals surface area contributed by atoms with E-state index < -0.39 is 0 Å². The first-order valence-corrected chi connectivity index (χ1v) is 11.1. The van der Waals surface area contributed by atoms with Gasteiger partial charge in [-0.05, 0) is 63.7 Å². The highest BCUT2D eigenvalue weighted by Gasteiger charge is 2.32. The summed E-state index contributed by atoms with van der Waals surface area (Å²) in [5.41, 5.74) is 5.60. The largest absolute Gasteiger partial charge is 0.353 e. The Hall–Kier alpha value is -1.10. The molecule has 4 N–H and O–H groups in total. The van der Waals surface area contributed by atoms with Crippen LogP contribution in [0.2, 0.25) is 0 Å². The highest BCUT2D eigenvalue weighted by atomic mass is 16.2. The third kappa shape index (κ3) is 7.44. The van der Waals surface area contributed by atoms with Crippen molar-refractivity contribution < 1.29 is 9.59 Å². The van der Waals surface area contributed by atoms with Crippen LogP contribution in [0.25, 0.3) is 0 Å². The van der Waals surface area contributed by atoms with Crippen LogP contribution in [0.15, 0.2) is 0 Å². The van der Waals surface area contributed by atoms with E-state index in [4.69, 9.17) is 5.73 Å². The van der Waals surface area contributed by atoms with Crippen LogP contribution in [-0.2, 0) is 9.59 Å². The third-order valence-electron chi connectivity index (χ3n) is 6.40. The minimum atomic E-state index is -0.323. The zero-order valence-corrected chi connectivity index (χ0v) is 17.7. The molecule has 2 rings (SSSR count). The van der Waals surface area contributed by atoms with Crippen LogP contribution in [-0.4, -0.2) is 29.9 Å². The summed E-state index contributed by atoms with van der Waals surface area (Å²) < 4.78 is 0. The molecule has 0 bridgehead atoms. The normalized spacial score (nSPS) is 26.4. The van der Waals surface area contributed by atoms with Gasteiger partial charge in [0.15, 0.2) is 0 Å². The average molecular weight is 380 g/mol. The molecule has 0 spiro atoms. The van der Waals surface area contributed by atoms with E-state index in [1.165, 1.54) is 32.1 Å². The highest BCUT2D eigenvalue weighted by molar-refractivity contribution is 5.80. The van der Waals surface area contributed by atoms with E-state index in [2.05, 4.69) is 24.5 Å². The quantitative estimate of drug-likeness (QED) is 0.603. The first kappa shape index (κ1) is 22.2. The number of carbonyl (C=O) groups is 2. The summed E-state index contributed by atoms with van der Waals surface area (Å²) in [6.45, 7) is 6.81. The van der Waals surface area contributed by atoms with E-state index in [9.17, 15) is 9.59 Å². The van der Waals surface area contributed by atoms with E-state index in [0.29, 0.717) is 24.8 Å². The summed E-state index contributed by atoms with van der Waals surface area (Å²) in [7, 11) is 0. The van der Waals surface area contributed by atoms with E-state index >= 15 is 0 Å². The fraction of sp³-hybridized carbons (Fsp3) is 0.909. The predicted molar refractivity (Wildman–Crippen MR) is 110 cm³/mol. The Labute approximate surface area is 165 Å². The Morgan fingerprint density at radius 1 is 1.04 bits per heavy atom. The molecule has 2 aliphatic rings. The van der Waals surface area contributed by atoms with Crippen molar-refractivity contribution in [3.05, 3.63) is 0 Å². The molecule has 1 atom stereocenters. The Bertz CT molecular complexity index is 480. The summed E-state index contributed by atoms with van der Waals surface area (Å²) >= 11 is 0. The van der Waals surface area contributed by atoms with Crippen LogP contribution in [0.4, 0.5) is 0 Å². The average Bonchev–Trinajstić information content (AvgIpc) is 2.62. The van der Waals surface area contributed by atoms with E-state index in [1.807, 2.05) is 6.92 Å². The Kier molecular flexibility index (Phi) is 8.59. The number of hydrogen-bond acceptors (Lipinski definition) is 3. The van der Waals surface area contributed by atoms with Crippen LogP contribution in [0, 0.1) is 17.8 Å². The Morgan fingerprint density at radius 3 is 2.22 bits per heavy atom. The third-order valence-corrected chi connectivity index (χ3v) is 6.40. The molecule has 156 valence electrons. The molecule has 0 aromatic rings. The van der Waals surface area contributed by atoms with Crippen molar-refractivity contribution in [1.29, 1.82) is 0 Å². The summed E-state index contributed by atoms with van der Waals surface area (Å²) in [6.07, 6.45) is 11.4. The SMILES string of the molecule is CC(C)CC(C)(CN)NC(=O)C1CCC(NC(=O)CC2CCCCC2)CC1. The fourth-order valence-electron chi connectivity index (χ4n) is 4.93. The van der Waals surface area contributed by atoms with Gasteiger partial charge in [0.25, 0.3) is 0 Å². The monoisotopic (exact) mass is 379 g/mol. The van der Waals surface area contributed by atoms with Crippen molar-refractivity contribution in [2.24, 2.45) is 23.5 Å². The van der Waals surface area contributed by atoms with Gasteiger partial charge in [-0.1, -0.05) is 33.1 Å². The molecule has 2 amide bonds. The first-order chi connectivity index (χ1) is 12.8.